The lowest BCUT2D eigenvalue weighted by molar-refractivity contribution is -0.274. The normalized spacial score (nSPS) is 11.1. The first-order valence-electron chi connectivity index (χ1n) is 9.64. The Hall–Kier alpha value is -4.02. The number of nitrogens with zero attached hydrogens (tertiary/aromatic N) is 1. The summed E-state index contributed by atoms with van der Waals surface area (Å²) >= 11 is 0. The van der Waals surface area contributed by atoms with Crippen LogP contribution in [0.15, 0.2) is 66.7 Å². The first kappa shape index (κ1) is 24.6. The van der Waals surface area contributed by atoms with Gasteiger partial charge in [0.05, 0.1) is 0 Å². The Morgan fingerprint density at radius 3 is 2.21 bits per heavy atom. The smallest absolute Gasteiger partial charge is 0.406 e. The van der Waals surface area contributed by atoms with Gasteiger partial charge in [0.1, 0.15) is 18.1 Å². The number of nitrogens with one attached hydrogen (secondary N) is 1. The van der Waals surface area contributed by atoms with Crippen LogP contribution in [0.5, 0.6) is 5.75 Å². The van der Waals surface area contributed by atoms with E-state index >= 15 is 0 Å². The lowest BCUT2D eigenvalue weighted by Crippen LogP contribution is -2.37. The molecule has 11 heteroatoms. The fourth-order valence-electron chi connectivity index (χ4n) is 2.98. The Morgan fingerprint density at radius 1 is 0.882 bits per heavy atom. The molecule has 0 aromatic heterocycles. The maximum absolute atomic E-state index is 13.6. The number of benzene rings is 3. The molecule has 0 atom stereocenters. The van der Waals surface area contributed by atoms with Crippen LogP contribution in [-0.2, 0) is 11.3 Å². The summed E-state index contributed by atoms with van der Waals surface area (Å²) in [6.45, 7) is -0.900. The number of carbonyl (C=O) groups excluding carboxylic acids is 2. The Morgan fingerprint density at radius 2 is 1.59 bits per heavy atom. The van der Waals surface area contributed by atoms with Gasteiger partial charge < -0.3 is 15.0 Å². The SMILES string of the molecule is O=C(CN(Cc1ccc(F)c(F)c1)C(=O)c1ccc(OC(F)(F)F)cc1)Nc1cccc(F)c1. The van der Waals surface area contributed by atoms with E-state index in [0.29, 0.717) is 0 Å². The van der Waals surface area contributed by atoms with Crippen molar-refractivity contribution < 1.29 is 40.7 Å². The standard InChI is InChI=1S/C23H16F6N2O3/c24-16-2-1-3-17(11-16)30-21(32)13-31(12-14-4-9-19(25)20(26)10-14)22(33)15-5-7-18(8-6-15)34-23(27,28)29/h1-11H,12-13H2,(H,30,32). The summed E-state index contributed by atoms with van der Waals surface area (Å²) in [5, 5.41) is 2.41. The summed E-state index contributed by atoms with van der Waals surface area (Å²) < 4.78 is 81.1. The maximum atomic E-state index is 13.6. The van der Waals surface area contributed by atoms with Gasteiger partial charge in [0, 0.05) is 17.8 Å². The zero-order valence-corrected chi connectivity index (χ0v) is 17.2. The number of rotatable bonds is 7. The number of amides is 2. The zero-order chi connectivity index (χ0) is 24.9. The van der Waals surface area contributed by atoms with Gasteiger partial charge in [-0.1, -0.05) is 12.1 Å². The van der Waals surface area contributed by atoms with Crippen molar-refractivity contribution in [2.24, 2.45) is 0 Å². The average Bonchev–Trinajstić information content (AvgIpc) is 2.75. The summed E-state index contributed by atoms with van der Waals surface area (Å²) in [5.41, 5.74) is 0.192. The molecule has 3 rings (SSSR count). The molecule has 2 amide bonds. The molecule has 0 aliphatic rings. The molecule has 0 unspecified atom stereocenters. The lowest BCUT2D eigenvalue weighted by Gasteiger charge is -2.23. The van der Waals surface area contributed by atoms with Crippen LogP contribution in [0.4, 0.5) is 32.0 Å². The monoisotopic (exact) mass is 482 g/mol. The predicted octanol–water partition coefficient (Wildman–Crippen LogP) is 5.28. The number of alkyl halides is 3. The summed E-state index contributed by atoms with van der Waals surface area (Å²) in [6, 6.07) is 11.9. The highest BCUT2D eigenvalue weighted by Gasteiger charge is 2.31. The first-order chi connectivity index (χ1) is 16.0. The Balaban J connectivity index is 1.81. The third-order valence-corrected chi connectivity index (χ3v) is 4.42. The zero-order valence-electron chi connectivity index (χ0n) is 17.2. The highest BCUT2D eigenvalue weighted by atomic mass is 19.4. The number of hydrogen-bond acceptors (Lipinski definition) is 3. The van der Waals surface area contributed by atoms with E-state index in [2.05, 4.69) is 10.1 Å². The van der Waals surface area contributed by atoms with Gasteiger partial charge in [-0.25, -0.2) is 13.2 Å². The van der Waals surface area contributed by atoms with E-state index in [9.17, 15) is 35.9 Å². The third kappa shape index (κ3) is 6.99. The number of hydrogen-bond donors (Lipinski definition) is 1. The molecule has 0 saturated heterocycles. The molecule has 5 nitrogen and oxygen atoms in total. The van der Waals surface area contributed by atoms with Crippen molar-refractivity contribution in [2.45, 2.75) is 12.9 Å². The second-order valence-corrected chi connectivity index (χ2v) is 7.04. The van der Waals surface area contributed by atoms with Crippen LogP contribution >= 0.6 is 0 Å². The van der Waals surface area contributed by atoms with Crippen molar-refractivity contribution in [2.75, 3.05) is 11.9 Å². The van der Waals surface area contributed by atoms with E-state index in [0.717, 1.165) is 47.4 Å². The van der Waals surface area contributed by atoms with Gasteiger partial charge in [0.2, 0.25) is 5.91 Å². The quantitative estimate of drug-likeness (QED) is 0.466. The van der Waals surface area contributed by atoms with Crippen LogP contribution in [0.2, 0.25) is 0 Å². The topological polar surface area (TPSA) is 58.6 Å². The van der Waals surface area contributed by atoms with Gasteiger partial charge in [-0.2, -0.15) is 0 Å². The molecule has 34 heavy (non-hydrogen) atoms. The van der Waals surface area contributed by atoms with Crippen LogP contribution < -0.4 is 10.1 Å². The van der Waals surface area contributed by atoms with Gasteiger partial charge in [0.25, 0.3) is 5.91 Å². The van der Waals surface area contributed by atoms with E-state index in [4.69, 9.17) is 0 Å². The number of anilines is 1. The molecule has 0 spiro atoms. The minimum atomic E-state index is -4.92. The Kier molecular flexibility index (Phi) is 7.44. The fraction of sp³-hybridized carbons (Fsp3) is 0.130. The van der Waals surface area contributed by atoms with Gasteiger partial charge >= 0.3 is 6.36 Å². The Labute approximate surface area is 189 Å². The molecule has 1 N–H and O–H groups in total. The Bertz CT molecular complexity index is 1180. The first-order valence-corrected chi connectivity index (χ1v) is 9.64. The van der Waals surface area contributed by atoms with Crippen molar-refractivity contribution in [3.05, 3.63) is 95.3 Å². The van der Waals surface area contributed by atoms with Gasteiger partial charge in [-0.3, -0.25) is 9.59 Å². The minimum absolute atomic E-state index is 0.0873. The van der Waals surface area contributed by atoms with Crippen LogP contribution in [-0.4, -0.2) is 29.6 Å². The molecule has 178 valence electrons. The molecule has 3 aromatic rings. The molecule has 0 aliphatic heterocycles. The van der Waals surface area contributed by atoms with Crippen LogP contribution in [0, 0.1) is 17.5 Å². The number of carbonyl (C=O) groups is 2. The number of ether oxygens (including phenoxy) is 1. The lowest BCUT2D eigenvalue weighted by atomic mass is 10.1. The highest BCUT2D eigenvalue weighted by molar-refractivity contribution is 5.99. The van der Waals surface area contributed by atoms with Crippen LogP contribution in [0.25, 0.3) is 0 Å². The summed E-state index contributed by atoms with van der Waals surface area (Å²) in [6.07, 6.45) is -4.92. The van der Waals surface area contributed by atoms with Crippen molar-refractivity contribution in [3.63, 3.8) is 0 Å². The van der Waals surface area contributed by atoms with E-state index in [1.165, 1.54) is 24.3 Å². The number of halogens is 6. The molecule has 0 radical (unpaired) electrons. The highest BCUT2D eigenvalue weighted by Crippen LogP contribution is 2.23. The maximum Gasteiger partial charge on any atom is 0.573 e. The molecule has 0 heterocycles. The van der Waals surface area contributed by atoms with E-state index < -0.39 is 47.9 Å². The summed E-state index contributed by atoms with van der Waals surface area (Å²) in [7, 11) is 0. The van der Waals surface area contributed by atoms with Crippen molar-refractivity contribution in [1.82, 2.24) is 4.90 Å². The predicted molar refractivity (Wildman–Crippen MR) is 109 cm³/mol. The van der Waals surface area contributed by atoms with Gasteiger partial charge in [-0.15, -0.1) is 13.2 Å². The van der Waals surface area contributed by atoms with Gasteiger partial charge in [0.15, 0.2) is 11.6 Å². The molecular weight excluding hydrogens is 466 g/mol. The second kappa shape index (κ2) is 10.3. The summed E-state index contributed by atoms with van der Waals surface area (Å²) in [5.74, 6) is -4.93. The van der Waals surface area contributed by atoms with Gasteiger partial charge in [-0.05, 0) is 60.2 Å². The van der Waals surface area contributed by atoms with Crippen molar-refractivity contribution in [1.29, 1.82) is 0 Å². The van der Waals surface area contributed by atoms with E-state index in [1.807, 2.05) is 0 Å². The molecule has 3 aromatic carbocycles. The molecule has 0 bridgehead atoms. The molecule has 0 aliphatic carbocycles. The van der Waals surface area contributed by atoms with Crippen LogP contribution in [0.3, 0.4) is 0 Å². The second-order valence-electron chi connectivity index (χ2n) is 7.04. The summed E-state index contributed by atoms with van der Waals surface area (Å²) in [4.78, 5) is 26.5. The van der Waals surface area contributed by atoms with E-state index in [1.54, 1.807) is 0 Å². The van der Waals surface area contributed by atoms with Crippen LogP contribution in [0.1, 0.15) is 15.9 Å². The van der Waals surface area contributed by atoms with E-state index in [-0.39, 0.29) is 23.4 Å². The fourth-order valence-corrected chi connectivity index (χ4v) is 2.98. The van der Waals surface area contributed by atoms with Crippen molar-refractivity contribution in [3.8, 4) is 5.75 Å². The molecular formula is C23H16F6N2O3. The molecule has 0 saturated carbocycles. The average molecular weight is 482 g/mol. The largest absolute Gasteiger partial charge is 0.573 e. The molecule has 0 fully saturated rings. The third-order valence-electron chi connectivity index (χ3n) is 4.42. The van der Waals surface area contributed by atoms with Crippen molar-refractivity contribution >= 4 is 17.5 Å². The minimum Gasteiger partial charge on any atom is -0.406 e.